The first-order valence-electron chi connectivity index (χ1n) is 13.5. The molecule has 2 N–H and O–H groups in total. The summed E-state index contributed by atoms with van der Waals surface area (Å²) in [4.78, 5) is 54.4. The summed E-state index contributed by atoms with van der Waals surface area (Å²) >= 11 is 9.55. The molecule has 2 fully saturated rings. The largest absolute Gasteiger partial charge is 0.388 e. The molecule has 2 amide bonds. The molecule has 4 aromatic rings. The molecule has 4 heterocycles. The number of ketones is 1. The molecular weight excluding hydrogens is 624 g/mol. The quantitative estimate of drug-likeness (QED) is 0.214. The molecule has 0 bridgehead atoms. The first kappa shape index (κ1) is 28.4. The molecule has 12 heteroatoms. The number of nitrogens with zero attached hydrogens (tertiary/aromatic N) is 5. The molecule has 0 unspecified atom stereocenters. The fourth-order valence-corrected chi connectivity index (χ4v) is 6.57. The standard InChI is InChI=1S/C30H28BrClN6O4/c1-15-6-17(18-10-33-25(14-39)34-11-18)7-19-20(16(2)40)12-37(27(15)19)13-26(41)38-22(8-30(3)9-23(30)38)29(42)36-28-21(32)4-5-24(31)35-28/h4-7,10-12,22-23,39H,8-9,13-14H2,1-3H3,(H,35,36,42)/t22-,23+,30-/m0/s1. The number of aromatic nitrogens is 4. The van der Waals surface area contributed by atoms with Gasteiger partial charge in [0.15, 0.2) is 17.4 Å². The van der Waals surface area contributed by atoms with Crippen LogP contribution in [0.1, 0.15) is 48.4 Å². The van der Waals surface area contributed by atoms with Gasteiger partial charge in [-0.25, -0.2) is 15.0 Å². The zero-order chi connectivity index (χ0) is 29.9. The molecule has 1 aromatic carbocycles. The lowest BCUT2D eigenvalue weighted by molar-refractivity contribution is -0.138. The van der Waals surface area contributed by atoms with E-state index in [1.165, 1.54) is 6.92 Å². The van der Waals surface area contributed by atoms with Crippen LogP contribution in [0.25, 0.3) is 22.0 Å². The molecule has 0 radical (unpaired) electrons. The third-order valence-electron chi connectivity index (χ3n) is 8.31. The fourth-order valence-electron chi connectivity index (χ4n) is 6.11. The van der Waals surface area contributed by atoms with Gasteiger partial charge in [0.1, 0.15) is 23.8 Å². The van der Waals surface area contributed by atoms with E-state index in [2.05, 4.69) is 43.1 Å². The summed E-state index contributed by atoms with van der Waals surface area (Å²) in [6.07, 6.45) is 6.37. The maximum atomic E-state index is 13.9. The number of carbonyl (C=O) groups excluding carboxylic acids is 3. The van der Waals surface area contributed by atoms with Gasteiger partial charge in [-0.1, -0.05) is 18.5 Å². The number of amides is 2. The van der Waals surface area contributed by atoms with Crippen LogP contribution < -0.4 is 5.32 Å². The van der Waals surface area contributed by atoms with E-state index in [1.54, 1.807) is 40.2 Å². The minimum atomic E-state index is -0.665. The van der Waals surface area contributed by atoms with Crippen LogP contribution in [-0.4, -0.2) is 59.2 Å². The Morgan fingerprint density at radius 1 is 1.17 bits per heavy atom. The van der Waals surface area contributed by atoms with E-state index in [4.69, 9.17) is 11.6 Å². The Hall–Kier alpha value is -3.67. The number of pyridine rings is 1. The molecule has 1 aliphatic heterocycles. The summed E-state index contributed by atoms with van der Waals surface area (Å²) < 4.78 is 2.34. The topological polar surface area (TPSA) is 130 Å². The maximum Gasteiger partial charge on any atom is 0.248 e. The average molecular weight is 652 g/mol. The normalized spacial score (nSPS) is 21.0. The van der Waals surface area contributed by atoms with Crippen LogP contribution in [0.15, 0.2) is 47.5 Å². The molecule has 0 spiro atoms. The molecule has 2 aliphatic rings. The van der Waals surface area contributed by atoms with Gasteiger partial charge in [0.2, 0.25) is 11.8 Å². The lowest BCUT2D eigenvalue weighted by Gasteiger charge is -2.27. The second-order valence-electron chi connectivity index (χ2n) is 11.3. The highest BCUT2D eigenvalue weighted by atomic mass is 79.9. The van der Waals surface area contributed by atoms with Crippen molar-refractivity contribution in [3.8, 4) is 11.1 Å². The highest BCUT2D eigenvalue weighted by Gasteiger charge is 2.64. The Labute approximate surface area is 255 Å². The van der Waals surface area contributed by atoms with Crippen molar-refractivity contribution in [3.05, 3.63) is 69.4 Å². The number of piperidine rings is 1. The van der Waals surface area contributed by atoms with Crippen LogP contribution in [0.2, 0.25) is 5.02 Å². The minimum absolute atomic E-state index is 0.0233. The zero-order valence-electron chi connectivity index (χ0n) is 23.2. The minimum Gasteiger partial charge on any atom is -0.388 e. The van der Waals surface area contributed by atoms with Crippen LogP contribution in [-0.2, 0) is 22.7 Å². The molecule has 3 aromatic heterocycles. The number of nitrogens with one attached hydrogen (secondary N) is 1. The molecule has 10 nitrogen and oxygen atoms in total. The van der Waals surface area contributed by atoms with Gasteiger partial charge in [0, 0.05) is 41.1 Å². The molecule has 42 heavy (non-hydrogen) atoms. The number of aliphatic hydroxyl groups is 1. The van der Waals surface area contributed by atoms with Crippen LogP contribution >= 0.6 is 27.5 Å². The number of Topliss-reactive ketones (excluding diaryl/α,β-unsaturated/α-hetero) is 1. The van der Waals surface area contributed by atoms with Crippen LogP contribution in [0, 0.1) is 12.3 Å². The third kappa shape index (κ3) is 4.99. The Morgan fingerprint density at radius 3 is 2.60 bits per heavy atom. The van der Waals surface area contributed by atoms with Gasteiger partial charge >= 0.3 is 0 Å². The SMILES string of the molecule is CC(=O)c1cn(CC(=O)N2[C@H](C(=O)Nc3nc(Br)ccc3Cl)C[C@@]3(C)C[C@@H]23)c2c(C)cc(-c3cnc(CO)nc3)cc12. The summed E-state index contributed by atoms with van der Waals surface area (Å²) in [6, 6.07) is 6.48. The molecule has 6 rings (SSSR count). The number of likely N-dealkylation sites (tertiary alicyclic amines) is 1. The molecule has 1 saturated heterocycles. The van der Waals surface area contributed by atoms with E-state index < -0.39 is 6.04 Å². The predicted octanol–water partition coefficient (Wildman–Crippen LogP) is 4.93. The second-order valence-corrected chi connectivity index (χ2v) is 12.5. The summed E-state index contributed by atoms with van der Waals surface area (Å²) in [5, 5.41) is 13.1. The highest BCUT2D eigenvalue weighted by Crippen LogP contribution is 2.59. The number of aliphatic hydroxyl groups excluding tert-OH is 1. The first-order chi connectivity index (χ1) is 20.0. The van der Waals surface area contributed by atoms with Gasteiger partial charge in [0.05, 0.1) is 10.5 Å². The smallest absolute Gasteiger partial charge is 0.248 e. The molecule has 1 saturated carbocycles. The lowest BCUT2D eigenvalue weighted by atomic mass is 10.0. The van der Waals surface area contributed by atoms with E-state index in [-0.39, 0.29) is 48.0 Å². The van der Waals surface area contributed by atoms with Gasteiger partial charge in [-0.2, -0.15) is 0 Å². The van der Waals surface area contributed by atoms with Crippen molar-refractivity contribution in [2.24, 2.45) is 5.41 Å². The number of benzene rings is 1. The monoisotopic (exact) mass is 650 g/mol. The van der Waals surface area contributed by atoms with E-state index in [0.29, 0.717) is 27.4 Å². The predicted molar refractivity (Wildman–Crippen MR) is 161 cm³/mol. The van der Waals surface area contributed by atoms with Crippen molar-refractivity contribution in [2.75, 3.05) is 5.32 Å². The van der Waals surface area contributed by atoms with Crippen molar-refractivity contribution < 1.29 is 19.5 Å². The number of hydrogen-bond donors (Lipinski definition) is 2. The molecule has 1 aliphatic carbocycles. The Bertz CT molecular complexity index is 1770. The van der Waals surface area contributed by atoms with E-state index >= 15 is 0 Å². The Morgan fingerprint density at radius 2 is 1.90 bits per heavy atom. The average Bonchev–Trinajstić information content (AvgIpc) is 3.30. The molecule has 3 atom stereocenters. The van der Waals surface area contributed by atoms with Gasteiger partial charge in [-0.05, 0) is 83.4 Å². The summed E-state index contributed by atoms with van der Waals surface area (Å²) in [5.41, 5.74) is 3.59. The van der Waals surface area contributed by atoms with Crippen molar-refractivity contribution >= 4 is 61.8 Å². The van der Waals surface area contributed by atoms with Crippen molar-refractivity contribution in [1.82, 2.24) is 24.4 Å². The van der Waals surface area contributed by atoms with Gasteiger partial charge in [-0.15, -0.1) is 0 Å². The number of rotatable bonds is 7. The van der Waals surface area contributed by atoms with Crippen LogP contribution in [0.4, 0.5) is 5.82 Å². The number of carbonyl (C=O) groups is 3. The van der Waals surface area contributed by atoms with Gasteiger partial charge in [0.25, 0.3) is 0 Å². The number of hydrogen-bond acceptors (Lipinski definition) is 7. The summed E-state index contributed by atoms with van der Waals surface area (Å²) in [6.45, 7) is 5.25. The van der Waals surface area contributed by atoms with Gasteiger partial charge in [-0.3, -0.25) is 14.4 Å². The van der Waals surface area contributed by atoms with Gasteiger partial charge < -0.3 is 19.9 Å². The fraction of sp³-hybridized carbons (Fsp3) is 0.333. The molecule has 216 valence electrons. The summed E-state index contributed by atoms with van der Waals surface area (Å²) in [7, 11) is 0. The van der Waals surface area contributed by atoms with Crippen molar-refractivity contribution in [1.29, 1.82) is 0 Å². The van der Waals surface area contributed by atoms with E-state index in [1.807, 2.05) is 19.1 Å². The maximum absolute atomic E-state index is 13.9. The third-order valence-corrected chi connectivity index (χ3v) is 9.05. The number of aryl methyl sites for hydroxylation is 1. The lowest BCUT2D eigenvalue weighted by Crippen LogP contribution is -2.46. The van der Waals surface area contributed by atoms with E-state index in [9.17, 15) is 19.5 Å². The number of halogens is 2. The van der Waals surface area contributed by atoms with Crippen LogP contribution in [0.3, 0.4) is 0 Å². The van der Waals surface area contributed by atoms with Crippen molar-refractivity contribution in [3.63, 3.8) is 0 Å². The Balaban J connectivity index is 1.31. The number of anilines is 1. The summed E-state index contributed by atoms with van der Waals surface area (Å²) in [5.74, 6) is -0.0949. The second kappa shape index (κ2) is 10.6. The Kier molecular flexibility index (Phi) is 7.15. The van der Waals surface area contributed by atoms with E-state index in [0.717, 1.165) is 34.0 Å². The molecular formula is C30H28BrClN6O4. The number of fused-ring (bicyclic) bond motifs is 2. The zero-order valence-corrected chi connectivity index (χ0v) is 25.5. The first-order valence-corrected chi connectivity index (χ1v) is 14.7. The van der Waals surface area contributed by atoms with Crippen molar-refractivity contribution in [2.45, 2.75) is 58.8 Å². The highest BCUT2D eigenvalue weighted by molar-refractivity contribution is 9.10. The van der Waals surface area contributed by atoms with Crippen LogP contribution in [0.5, 0.6) is 0 Å².